The summed E-state index contributed by atoms with van der Waals surface area (Å²) in [5, 5.41) is 7.93. The number of nitrogens with one attached hydrogen (secondary N) is 2. The van der Waals surface area contributed by atoms with Gasteiger partial charge in [-0.2, -0.15) is 5.10 Å². The van der Waals surface area contributed by atoms with Crippen LogP contribution in [0.5, 0.6) is 0 Å². The molecule has 1 saturated heterocycles. The van der Waals surface area contributed by atoms with Gasteiger partial charge in [-0.3, -0.25) is 10.5 Å². The Balaban J connectivity index is 1.75. The number of allylic oxidation sites excluding steroid dienone is 2. The van der Waals surface area contributed by atoms with Crippen molar-refractivity contribution >= 4 is 5.82 Å². The van der Waals surface area contributed by atoms with Crippen molar-refractivity contribution in [1.82, 2.24) is 25.5 Å². The van der Waals surface area contributed by atoms with Crippen LogP contribution >= 0.6 is 0 Å². The summed E-state index contributed by atoms with van der Waals surface area (Å²) < 4.78 is 7.78. The lowest BCUT2D eigenvalue weighted by Crippen LogP contribution is -2.43. The molecule has 3 heterocycles. The summed E-state index contributed by atoms with van der Waals surface area (Å²) in [4.78, 5) is 6.94. The van der Waals surface area contributed by atoms with Gasteiger partial charge in [-0.25, -0.2) is 4.98 Å². The molecule has 0 bridgehead atoms. The van der Waals surface area contributed by atoms with Crippen molar-refractivity contribution in [3.63, 3.8) is 0 Å². The lowest BCUT2D eigenvalue weighted by Gasteiger charge is -2.28. The number of ether oxygens (including phenoxy) is 1. The minimum atomic E-state index is 0.212. The fourth-order valence-corrected chi connectivity index (χ4v) is 3.59. The van der Waals surface area contributed by atoms with Crippen LogP contribution in [0.1, 0.15) is 25.5 Å². The number of hydrazine groups is 1. The maximum atomic E-state index is 6.15. The number of pyridine rings is 1. The Hall–Kier alpha value is -3.50. The molecule has 1 fully saturated rings. The number of hydrogen-bond acceptors (Lipinski definition) is 9. The molecular formula is C23H35N9O. The topological polar surface area (TPSA) is 145 Å². The highest BCUT2D eigenvalue weighted by atomic mass is 16.5. The quantitative estimate of drug-likeness (QED) is 0.155. The van der Waals surface area contributed by atoms with E-state index in [9.17, 15) is 0 Å². The van der Waals surface area contributed by atoms with Crippen LogP contribution in [-0.2, 0) is 18.4 Å². The van der Waals surface area contributed by atoms with Gasteiger partial charge in [0.25, 0.3) is 0 Å². The first-order valence-corrected chi connectivity index (χ1v) is 11.1. The smallest absolute Gasteiger partial charge is 0.146 e. The first kappa shape index (κ1) is 24.1. The van der Waals surface area contributed by atoms with Gasteiger partial charge < -0.3 is 31.8 Å². The normalized spacial score (nSPS) is 15.2. The summed E-state index contributed by atoms with van der Waals surface area (Å²) in [7, 11) is 1.90. The fraction of sp³-hybridized carbons (Fsp3) is 0.391. The minimum Gasteiger partial charge on any atom is -0.485 e. The van der Waals surface area contributed by atoms with Gasteiger partial charge >= 0.3 is 0 Å². The van der Waals surface area contributed by atoms with E-state index in [1.165, 1.54) is 0 Å². The van der Waals surface area contributed by atoms with E-state index in [2.05, 4.69) is 51.4 Å². The van der Waals surface area contributed by atoms with Crippen molar-refractivity contribution in [2.45, 2.75) is 26.4 Å². The molecular weight excluding hydrogens is 418 g/mol. The van der Waals surface area contributed by atoms with E-state index in [0.717, 1.165) is 61.8 Å². The van der Waals surface area contributed by atoms with Gasteiger partial charge in [0, 0.05) is 56.8 Å². The summed E-state index contributed by atoms with van der Waals surface area (Å²) in [5.41, 5.74) is 18.7. The maximum Gasteiger partial charge on any atom is 0.146 e. The summed E-state index contributed by atoms with van der Waals surface area (Å²) in [6.07, 6.45) is 5.24. The predicted molar refractivity (Wildman–Crippen MR) is 131 cm³/mol. The Bertz CT molecular complexity index is 1000. The van der Waals surface area contributed by atoms with Gasteiger partial charge in [0.05, 0.1) is 17.1 Å². The fourth-order valence-electron chi connectivity index (χ4n) is 3.59. The molecule has 10 nitrogen and oxygen atoms in total. The average Bonchev–Trinajstić information content (AvgIpc) is 3.22. The molecule has 0 saturated carbocycles. The maximum absolute atomic E-state index is 6.15. The number of aromatic nitrogens is 3. The van der Waals surface area contributed by atoms with Gasteiger partial charge in [-0.15, -0.1) is 0 Å². The number of piperazine rings is 1. The van der Waals surface area contributed by atoms with Crippen LogP contribution in [0, 0.1) is 0 Å². The molecule has 0 amide bonds. The zero-order valence-electron chi connectivity index (χ0n) is 19.5. The van der Waals surface area contributed by atoms with Gasteiger partial charge in [0.2, 0.25) is 0 Å². The van der Waals surface area contributed by atoms with E-state index in [1.807, 2.05) is 24.0 Å². The second-order valence-corrected chi connectivity index (χ2v) is 7.95. The number of rotatable bonds is 10. The molecule has 178 valence electrons. The predicted octanol–water partition coefficient (Wildman–Crippen LogP) is 1.20. The van der Waals surface area contributed by atoms with Crippen molar-refractivity contribution in [3.05, 3.63) is 65.6 Å². The number of anilines is 1. The molecule has 0 unspecified atom stereocenters. The second kappa shape index (κ2) is 11.4. The van der Waals surface area contributed by atoms with Crippen LogP contribution in [-0.4, -0.2) is 40.9 Å². The highest BCUT2D eigenvalue weighted by Gasteiger charge is 2.14. The minimum absolute atomic E-state index is 0.212. The Kier molecular flexibility index (Phi) is 8.34. The third-order valence-electron chi connectivity index (χ3n) is 5.41. The summed E-state index contributed by atoms with van der Waals surface area (Å²) in [6, 6.07) is 6.10. The van der Waals surface area contributed by atoms with E-state index in [4.69, 9.17) is 22.0 Å². The van der Waals surface area contributed by atoms with E-state index >= 15 is 0 Å². The molecule has 1 aliphatic heterocycles. The van der Waals surface area contributed by atoms with Crippen LogP contribution in [0.25, 0.3) is 11.3 Å². The third kappa shape index (κ3) is 6.27. The van der Waals surface area contributed by atoms with E-state index in [1.54, 1.807) is 6.08 Å². The van der Waals surface area contributed by atoms with Crippen molar-refractivity contribution < 1.29 is 4.74 Å². The lowest BCUT2D eigenvalue weighted by atomic mass is 10.2. The Morgan fingerprint density at radius 2 is 2.06 bits per heavy atom. The molecule has 0 radical (unpaired) electrons. The summed E-state index contributed by atoms with van der Waals surface area (Å²) in [6.45, 7) is 9.93. The standard InChI is InChI=1S/C23H35N9O/c1-4-5-18(24)12-21(23(25)16(2)29-26)33-15-19-13-20(31(3)30-19)17-6-7-22(28-14-17)32-10-8-27-9-11-32/h6-7,12-14,27,29H,2,4-5,8-11,15,24-26H2,1,3H3/b18-12+,23-21-. The monoisotopic (exact) mass is 453 g/mol. The van der Waals surface area contributed by atoms with Crippen molar-refractivity contribution in [2.75, 3.05) is 31.1 Å². The zero-order chi connectivity index (χ0) is 23.8. The molecule has 0 spiro atoms. The summed E-state index contributed by atoms with van der Waals surface area (Å²) >= 11 is 0. The number of hydrogen-bond donors (Lipinski definition) is 5. The SMILES string of the molecule is C=C(NN)/C(N)=C(\C=C(\N)CCC)OCc1cc(-c2ccc(N3CCNCC3)nc2)n(C)n1. The molecule has 0 aromatic carbocycles. The van der Waals surface area contributed by atoms with Crippen molar-refractivity contribution in [1.29, 1.82) is 0 Å². The zero-order valence-corrected chi connectivity index (χ0v) is 19.5. The highest BCUT2D eigenvalue weighted by molar-refractivity contribution is 5.61. The van der Waals surface area contributed by atoms with Gasteiger partial charge in [0.1, 0.15) is 23.9 Å². The number of nitrogens with zero attached hydrogens (tertiary/aromatic N) is 4. The van der Waals surface area contributed by atoms with Gasteiger partial charge in [-0.1, -0.05) is 19.9 Å². The first-order chi connectivity index (χ1) is 15.9. The molecule has 3 rings (SSSR count). The van der Waals surface area contributed by atoms with Crippen LogP contribution < -0.4 is 33.0 Å². The van der Waals surface area contributed by atoms with Crippen LogP contribution in [0.4, 0.5) is 5.82 Å². The van der Waals surface area contributed by atoms with Gasteiger partial charge in [-0.05, 0) is 24.6 Å². The molecule has 1 aliphatic rings. The molecule has 0 aliphatic carbocycles. The van der Waals surface area contributed by atoms with Crippen molar-refractivity contribution in [3.8, 4) is 11.3 Å². The highest BCUT2D eigenvalue weighted by Crippen LogP contribution is 2.23. The number of aryl methyl sites for hydroxylation is 1. The lowest BCUT2D eigenvalue weighted by molar-refractivity contribution is 0.203. The first-order valence-electron chi connectivity index (χ1n) is 11.1. The Morgan fingerprint density at radius 1 is 1.30 bits per heavy atom. The molecule has 2 aromatic rings. The summed E-state index contributed by atoms with van der Waals surface area (Å²) in [5.74, 6) is 6.84. The average molecular weight is 454 g/mol. The van der Waals surface area contributed by atoms with Crippen LogP contribution in [0.2, 0.25) is 0 Å². The molecule has 2 aromatic heterocycles. The van der Waals surface area contributed by atoms with Crippen LogP contribution in [0.3, 0.4) is 0 Å². The Labute approximate surface area is 195 Å². The number of nitrogens with two attached hydrogens (primary N) is 3. The van der Waals surface area contributed by atoms with Crippen LogP contribution in [0.15, 0.2) is 59.9 Å². The Morgan fingerprint density at radius 3 is 2.70 bits per heavy atom. The van der Waals surface area contributed by atoms with E-state index < -0.39 is 0 Å². The van der Waals surface area contributed by atoms with E-state index in [0.29, 0.717) is 22.9 Å². The van der Waals surface area contributed by atoms with Gasteiger partial charge in [0.15, 0.2) is 0 Å². The molecule has 33 heavy (non-hydrogen) atoms. The van der Waals surface area contributed by atoms with Crippen molar-refractivity contribution in [2.24, 2.45) is 24.4 Å². The molecule has 10 heteroatoms. The molecule has 0 atom stereocenters. The largest absolute Gasteiger partial charge is 0.485 e. The second-order valence-electron chi connectivity index (χ2n) is 7.95. The van der Waals surface area contributed by atoms with E-state index in [-0.39, 0.29) is 6.61 Å². The third-order valence-corrected chi connectivity index (χ3v) is 5.41. The molecule has 8 N–H and O–H groups in total.